The molecule has 3 heterocycles. The van der Waals surface area contributed by atoms with Gasteiger partial charge in [0.25, 0.3) is 5.89 Å². The van der Waals surface area contributed by atoms with Gasteiger partial charge in [0.1, 0.15) is 0 Å². The molecule has 1 aromatic carbocycles. The minimum atomic E-state index is -0.275. The van der Waals surface area contributed by atoms with Gasteiger partial charge in [-0.15, -0.1) is 5.10 Å². The maximum Gasteiger partial charge on any atom is 0.307 e. The first-order chi connectivity index (χ1) is 13.8. The molecule has 1 saturated heterocycles. The molecule has 3 aromatic rings. The number of oxazole rings is 1. The largest absolute Gasteiger partial charge is 0.432 e. The maximum absolute atomic E-state index is 12.6. The summed E-state index contributed by atoms with van der Waals surface area (Å²) in [6.07, 6.45) is 8.39. The molecule has 2 N–H and O–H groups in total. The van der Waals surface area contributed by atoms with Crippen LogP contribution in [0.5, 0.6) is 0 Å². The van der Waals surface area contributed by atoms with E-state index in [0.717, 1.165) is 18.5 Å². The molecule has 1 amide bonds. The second-order valence-electron chi connectivity index (χ2n) is 7.53. The lowest BCUT2D eigenvalue weighted by Crippen LogP contribution is -2.36. The van der Waals surface area contributed by atoms with E-state index in [-0.39, 0.29) is 23.9 Å². The van der Waals surface area contributed by atoms with Gasteiger partial charge >= 0.3 is 5.91 Å². The lowest BCUT2D eigenvalue weighted by Gasteiger charge is -2.11. The third kappa shape index (κ3) is 3.55. The van der Waals surface area contributed by atoms with Crippen LogP contribution < -0.4 is 10.6 Å². The average molecular weight is 378 g/mol. The van der Waals surface area contributed by atoms with Crippen molar-refractivity contribution in [1.82, 2.24) is 30.6 Å². The highest BCUT2D eigenvalue weighted by molar-refractivity contribution is 5.90. The molecule has 2 aromatic heterocycles. The number of benzene rings is 1. The fourth-order valence-electron chi connectivity index (χ4n) is 3.85. The van der Waals surface area contributed by atoms with Crippen molar-refractivity contribution in [2.24, 2.45) is 0 Å². The van der Waals surface area contributed by atoms with Crippen molar-refractivity contribution in [3.8, 4) is 11.3 Å². The summed E-state index contributed by atoms with van der Waals surface area (Å²) in [7, 11) is 0. The van der Waals surface area contributed by atoms with Crippen LogP contribution >= 0.6 is 0 Å². The molecule has 2 aliphatic rings. The molecule has 5 rings (SSSR count). The quantitative estimate of drug-likeness (QED) is 0.681. The van der Waals surface area contributed by atoms with Crippen LogP contribution in [-0.4, -0.2) is 44.5 Å². The van der Waals surface area contributed by atoms with Gasteiger partial charge in [-0.25, -0.2) is 4.98 Å². The van der Waals surface area contributed by atoms with E-state index in [4.69, 9.17) is 4.42 Å². The van der Waals surface area contributed by atoms with Crippen LogP contribution in [0.3, 0.4) is 0 Å². The third-order valence-corrected chi connectivity index (χ3v) is 5.38. The second-order valence-corrected chi connectivity index (χ2v) is 7.53. The Bertz CT molecular complexity index is 963. The van der Waals surface area contributed by atoms with Crippen molar-refractivity contribution in [3.63, 3.8) is 0 Å². The number of hydrogen-bond donors (Lipinski definition) is 2. The molecule has 1 saturated carbocycles. The minimum Gasteiger partial charge on any atom is -0.432 e. The summed E-state index contributed by atoms with van der Waals surface area (Å²) in [5.74, 6) is 1.09. The molecule has 144 valence electrons. The number of rotatable bonds is 6. The third-order valence-electron chi connectivity index (χ3n) is 5.38. The van der Waals surface area contributed by atoms with Crippen molar-refractivity contribution in [1.29, 1.82) is 0 Å². The lowest BCUT2D eigenvalue weighted by atomic mass is 10.0. The molecule has 1 aliphatic heterocycles. The molecule has 0 radical (unpaired) electrons. The van der Waals surface area contributed by atoms with E-state index in [1.165, 1.54) is 18.4 Å². The molecule has 8 heteroatoms. The molecule has 28 heavy (non-hydrogen) atoms. The van der Waals surface area contributed by atoms with Gasteiger partial charge in [0.15, 0.2) is 5.76 Å². The standard InChI is InChI=1S/C20H22N6O2/c27-19(24-14-9-15(21-10-14)12-26-8-7-23-25-26)20-22-11-18(28-20)17-4-2-1-3-16(17)13-5-6-13/h1-4,7-8,11,13-15,21H,5-6,9-10,12H2,(H,24,27)/t14-,15+/m1/s1. The lowest BCUT2D eigenvalue weighted by molar-refractivity contribution is 0.0905. The van der Waals surface area contributed by atoms with Gasteiger partial charge in [0, 0.05) is 30.4 Å². The molecular weight excluding hydrogens is 356 g/mol. The van der Waals surface area contributed by atoms with Gasteiger partial charge < -0.3 is 15.1 Å². The molecule has 1 aliphatic carbocycles. The highest BCUT2D eigenvalue weighted by atomic mass is 16.4. The van der Waals surface area contributed by atoms with Crippen LogP contribution in [0.4, 0.5) is 0 Å². The van der Waals surface area contributed by atoms with E-state index in [1.54, 1.807) is 17.1 Å². The minimum absolute atomic E-state index is 0.0371. The van der Waals surface area contributed by atoms with Crippen molar-refractivity contribution in [2.75, 3.05) is 6.54 Å². The van der Waals surface area contributed by atoms with Crippen LogP contribution in [-0.2, 0) is 6.54 Å². The van der Waals surface area contributed by atoms with E-state index in [9.17, 15) is 4.79 Å². The Kier molecular flexibility index (Phi) is 4.40. The summed E-state index contributed by atoms with van der Waals surface area (Å²) in [4.78, 5) is 16.8. The SMILES string of the molecule is O=C(N[C@H]1CN[C@H](Cn2ccnn2)C1)c1ncc(-c2ccccc2C2CC2)o1. The fraction of sp³-hybridized carbons (Fsp3) is 0.400. The van der Waals surface area contributed by atoms with E-state index in [1.807, 2.05) is 24.4 Å². The number of nitrogens with one attached hydrogen (secondary N) is 2. The van der Waals surface area contributed by atoms with Crippen LogP contribution in [0.15, 0.2) is 47.3 Å². The summed E-state index contributed by atoms with van der Waals surface area (Å²) in [6.45, 7) is 1.44. The number of hydrogen-bond acceptors (Lipinski definition) is 6. The summed E-state index contributed by atoms with van der Waals surface area (Å²) in [5.41, 5.74) is 2.31. The summed E-state index contributed by atoms with van der Waals surface area (Å²) >= 11 is 0. The number of carbonyl (C=O) groups is 1. The Balaban J connectivity index is 1.22. The van der Waals surface area contributed by atoms with Gasteiger partial charge in [-0.3, -0.25) is 9.48 Å². The highest BCUT2D eigenvalue weighted by Crippen LogP contribution is 2.44. The van der Waals surface area contributed by atoms with Gasteiger partial charge in [-0.05, 0) is 30.7 Å². The Labute approximate surface area is 162 Å². The molecule has 2 atom stereocenters. The Morgan fingerprint density at radius 1 is 1.32 bits per heavy atom. The number of aromatic nitrogens is 4. The first kappa shape index (κ1) is 17.1. The van der Waals surface area contributed by atoms with Crippen LogP contribution in [0.1, 0.15) is 41.4 Å². The smallest absolute Gasteiger partial charge is 0.307 e. The number of amides is 1. The molecular formula is C20H22N6O2. The predicted octanol–water partition coefficient (Wildman–Crippen LogP) is 1.97. The van der Waals surface area contributed by atoms with E-state index < -0.39 is 0 Å². The van der Waals surface area contributed by atoms with Crippen LogP contribution in [0.2, 0.25) is 0 Å². The topological polar surface area (TPSA) is 97.9 Å². The van der Waals surface area contributed by atoms with Crippen LogP contribution in [0, 0.1) is 0 Å². The first-order valence-corrected chi connectivity index (χ1v) is 9.70. The van der Waals surface area contributed by atoms with Crippen molar-refractivity contribution < 1.29 is 9.21 Å². The molecule has 0 unspecified atom stereocenters. The zero-order chi connectivity index (χ0) is 18.9. The van der Waals surface area contributed by atoms with E-state index in [2.05, 4.69) is 32.0 Å². The van der Waals surface area contributed by atoms with E-state index in [0.29, 0.717) is 18.2 Å². The Hall–Kier alpha value is -3.00. The summed E-state index contributed by atoms with van der Waals surface area (Å²) < 4.78 is 7.60. The van der Waals surface area contributed by atoms with Crippen molar-refractivity contribution in [3.05, 3.63) is 54.3 Å². The van der Waals surface area contributed by atoms with Gasteiger partial charge in [0.05, 0.1) is 18.9 Å². The van der Waals surface area contributed by atoms with Gasteiger partial charge in [-0.2, -0.15) is 0 Å². The molecule has 0 bridgehead atoms. The first-order valence-electron chi connectivity index (χ1n) is 9.70. The second kappa shape index (κ2) is 7.20. The van der Waals surface area contributed by atoms with Gasteiger partial charge in [-0.1, -0.05) is 29.5 Å². The predicted molar refractivity (Wildman–Crippen MR) is 102 cm³/mol. The molecule has 2 fully saturated rings. The van der Waals surface area contributed by atoms with Crippen molar-refractivity contribution >= 4 is 5.91 Å². The normalized spacial score (nSPS) is 21.7. The summed E-state index contributed by atoms with van der Waals surface area (Å²) in [5, 5.41) is 14.2. The Morgan fingerprint density at radius 3 is 3.04 bits per heavy atom. The number of carbonyl (C=O) groups excluding carboxylic acids is 1. The zero-order valence-corrected chi connectivity index (χ0v) is 15.4. The van der Waals surface area contributed by atoms with Crippen LogP contribution in [0.25, 0.3) is 11.3 Å². The Morgan fingerprint density at radius 2 is 2.21 bits per heavy atom. The monoisotopic (exact) mass is 378 g/mol. The molecule has 8 nitrogen and oxygen atoms in total. The zero-order valence-electron chi connectivity index (χ0n) is 15.4. The fourth-order valence-corrected chi connectivity index (χ4v) is 3.85. The van der Waals surface area contributed by atoms with Crippen molar-refractivity contribution in [2.45, 2.75) is 43.8 Å². The number of nitrogens with zero attached hydrogens (tertiary/aromatic N) is 4. The maximum atomic E-state index is 12.6. The highest BCUT2D eigenvalue weighted by Gasteiger charge is 2.29. The van der Waals surface area contributed by atoms with E-state index >= 15 is 0 Å². The van der Waals surface area contributed by atoms with Gasteiger partial charge in [0.2, 0.25) is 0 Å². The molecule has 0 spiro atoms. The average Bonchev–Trinajstić information content (AvgIpc) is 3.10. The summed E-state index contributed by atoms with van der Waals surface area (Å²) in [6, 6.07) is 8.49.